The highest BCUT2D eigenvalue weighted by Gasteiger charge is 2.27. The van der Waals surface area contributed by atoms with E-state index in [1.165, 1.54) is 0 Å². The number of fused-ring (bicyclic) bond motifs is 1. The molecule has 0 bridgehead atoms. The number of ether oxygens (including phenoxy) is 2. The zero-order chi connectivity index (χ0) is 19.5. The fourth-order valence-corrected chi connectivity index (χ4v) is 3.37. The van der Waals surface area contributed by atoms with E-state index < -0.39 is 0 Å². The predicted molar refractivity (Wildman–Crippen MR) is 102 cm³/mol. The van der Waals surface area contributed by atoms with Gasteiger partial charge in [0.1, 0.15) is 0 Å². The number of carbonyl (C=O) groups is 1. The van der Waals surface area contributed by atoms with Gasteiger partial charge in [0.15, 0.2) is 11.5 Å². The number of hydrogen-bond acceptors (Lipinski definition) is 6. The van der Waals surface area contributed by atoms with E-state index in [9.17, 15) is 4.79 Å². The molecule has 0 atom stereocenters. The molecule has 0 fully saturated rings. The lowest BCUT2D eigenvalue weighted by Crippen LogP contribution is -2.36. The summed E-state index contributed by atoms with van der Waals surface area (Å²) in [4.78, 5) is 14.5. The van der Waals surface area contributed by atoms with Crippen LogP contribution < -0.4 is 9.47 Å². The first kappa shape index (κ1) is 18.0. The summed E-state index contributed by atoms with van der Waals surface area (Å²) in [7, 11) is 3.22. The topological polar surface area (TPSA) is 77.7 Å². The Balaban J connectivity index is 1.49. The van der Waals surface area contributed by atoms with Crippen molar-refractivity contribution < 1.29 is 18.7 Å². The van der Waals surface area contributed by atoms with Gasteiger partial charge in [-0.15, -0.1) is 10.2 Å². The maximum Gasteiger partial charge on any atom is 0.311 e. The van der Waals surface area contributed by atoms with Gasteiger partial charge in [0.2, 0.25) is 5.89 Å². The Morgan fingerprint density at radius 3 is 2.50 bits per heavy atom. The molecule has 0 unspecified atom stereocenters. The van der Waals surface area contributed by atoms with E-state index in [-0.39, 0.29) is 11.8 Å². The summed E-state index contributed by atoms with van der Waals surface area (Å²) in [5.41, 5.74) is 3.23. The molecule has 7 heteroatoms. The van der Waals surface area contributed by atoms with Gasteiger partial charge < -0.3 is 18.8 Å². The molecule has 0 aliphatic carbocycles. The van der Waals surface area contributed by atoms with Crippen LogP contribution in [-0.4, -0.2) is 41.8 Å². The SMILES string of the molecule is COc1cc2c(cc1OC)CN(C(=O)c1nnc(Cc3ccccc3)o1)CC2. The molecule has 1 aromatic heterocycles. The first-order valence-electron chi connectivity index (χ1n) is 9.07. The molecule has 1 aliphatic heterocycles. The Kier molecular flexibility index (Phi) is 4.97. The van der Waals surface area contributed by atoms with Crippen molar-refractivity contribution in [3.8, 4) is 11.5 Å². The van der Waals surface area contributed by atoms with Crippen molar-refractivity contribution in [2.75, 3.05) is 20.8 Å². The van der Waals surface area contributed by atoms with Crippen LogP contribution in [0, 0.1) is 0 Å². The second-order valence-corrected chi connectivity index (χ2v) is 6.62. The summed E-state index contributed by atoms with van der Waals surface area (Å²) in [6, 6.07) is 13.7. The molecular formula is C21H21N3O4. The van der Waals surface area contributed by atoms with Gasteiger partial charge in [-0.05, 0) is 35.2 Å². The molecule has 1 aliphatic rings. The number of aromatic nitrogens is 2. The maximum absolute atomic E-state index is 12.8. The van der Waals surface area contributed by atoms with Crippen LogP contribution in [-0.2, 0) is 19.4 Å². The largest absolute Gasteiger partial charge is 0.493 e. The molecule has 0 N–H and O–H groups in total. The van der Waals surface area contributed by atoms with Gasteiger partial charge in [0.05, 0.1) is 20.6 Å². The number of rotatable bonds is 5. The summed E-state index contributed by atoms with van der Waals surface area (Å²) in [5, 5.41) is 7.97. The molecule has 4 rings (SSSR count). The smallest absolute Gasteiger partial charge is 0.311 e. The number of hydrogen-bond donors (Lipinski definition) is 0. The lowest BCUT2D eigenvalue weighted by molar-refractivity contribution is 0.0692. The Labute approximate surface area is 162 Å². The summed E-state index contributed by atoms with van der Waals surface area (Å²) >= 11 is 0. The van der Waals surface area contributed by atoms with Gasteiger partial charge in [0, 0.05) is 13.1 Å². The van der Waals surface area contributed by atoms with E-state index in [1.54, 1.807) is 19.1 Å². The molecule has 144 valence electrons. The summed E-state index contributed by atoms with van der Waals surface area (Å²) < 4.78 is 16.3. The van der Waals surface area contributed by atoms with Gasteiger partial charge in [0.25, 0.3) is 0 Å². The summed E-state index contributed by atoms with van der Waals surface area (Å²) in [5.74, 6) is 1.54. The van der Waals surface area contributed by atoms with Crippen molar-refractivity contribution in [1.29, 1.82) is 0 Å². The monoisotopic (exact) mass is 379 g/mol. The quantitative estimate of drug-likeness (QED) is 0.678. The molecule has 7 nitrogen and oxygen atoms in total. The minimum Gasteiger partial charge on any atom is -0.493 e. The van der Waals surface area contributed by atoms with E-state index in [4.69, 9.17) is 13.9 Å². The van der Waals surface area contributed by atoms with Gasteiger partial charge in [-0.3, -0.25) is 4.79 Å². The molecule has 2 aromatic carbocycles. The molecule has 0 spiro atoms. The predicted octanol–water partition coefficient (Wildman–Crippen LogP) is 2.88. The van der Waals surface area contributed by atoms with Crippen LogP contribution in [0.1, 0.15) is 33.3 Å². The van der Waals surface area contributed by atoms with Crippen molar-refractivity contribution in [2.45, 2.75) is 19.4 Å². The normalized spacial score (nSPS) is 13.1. The highest BCUT2D eigenvalue weighted by Crippen LogP contribution is 2.33. The van der Waals surface area contributed by atoms with Crippen molar-refractivity contribution in [3.63, 3.8) is 0 Å². The van der Waals surface area contributed by atoms with Crippen molar-refractivity contribution in [3.05, 3.63) is 70.9 Å². The lowest BCUT2D eigenvalue weighted by Gasteiger charge is -2.28. The van der Waals surface area contributed by atoms with Crippen molar-refractivity contribution >= 4 is 5.91 Å². The van der Waals surface area contributed by atoms with Crippen molar-refractivity contribution in [2.24, 2.45) is 0 Å². The molecule has 0 saturated heterocycles. The molecular weight excluding hydrogens is 358 g/mol. The number of methoxy groups -OCH3 is 2. The first-order valence-corrected chi connectivity index (χ1v) is 9.07. The van der Waals surface area contributed by atoms with E-state index in [2.05, 4.69) is 10.2 Å². The number of benzene rings is 2. The average Bonchev–Trinajstić information content (AvgIpc) is 3.20. The molecule has 1 amide bonds. The first-order chi connectivity index (χ1) is 13.7. The van der Waals surface area contributed by atoms with Crippen LogP contribution in [0.15, 0.2) is 46.9 Å². The molecule has 0 saturated carbocycles. The van der Waals surface area contributed by atoms with E-state index in [0.717, 1.165) is 23.1 Å². The van der Waals surface area contributed by atoms with Crippen LogP contribution in [0.5, 0.6) is 11.5 Å². The molecule has 28 heavy (non-hydrogen) atoms. The third-order valence-corrected chi connectivity index (χ3v) is 4.85. The minimum absolute atomic E-state index is 0.0230. The van der Waals surface area contributed by atoms with Crippen LogP contribution >= 0.6 is 0 Å². The van der Waals surface area contributed by atoms with E-state index in [1.807, 2.05) is 42.5 Å². The fourth-order valence-electron chi connectivity index (χ4n) is 3.37. The maximum atomic E-state index is 12.8. The van der Waals surface area contributed by atoms with Gasteiger partial charge in [-0.1, -0.05) is 30.3 Å². The van der Waals surface area contributed by atoms with Crippen LogP contribution in [0.4, 0.5) is 0 Å². The molecule has 0 radical (unpaired) electrons. The summed E-state index contributed by atoms with van der Waals surface area (Å²) in [6.07, 6.45) is 1.23. The Bertz CT molecular complexity index is 985. The summed E-state index contributed by atoms with van der Waals surface area (Å²) in [6.45, 7) is 1.04. The standard InChI is InChI=1S/C21H21N3O4/c1-26-17-11-15-8-9-24(13-16(15)12-18(17)27-2)21(25)20-23-22-19(28-20)10-14-6-4-3-5-7-14/h3-7,11-12H,8-10,13H2,1-2H3. The van der Waals surface area contributed by atoms with Gasteiger partial charge in [-0.2, -0.15) is 0 Å². The second kappa shape index (κ2) is 7.72. The van der Waals surface area contributed by atoms with Crippen LogP contribution in [0.25, 0.3) is 0 Å². The average molecular weight is 379 g/mol. The van der Waals surface area contributed by atoms with Crippen LogP contribution in [0.2, 0.25) is 0 Å². The number of carbonyl (C=O) groups excluding carboxylic acids is 1. The third-order valence-electron chi connectivity index (χ3n) is 4.85. The van der Waals surface area contributed by atoms with Gasteiger partial charge >= 0.3 is 11.8 Å². The highest BCUT2D eigenvalue weighted by molar-refractivity contribution is 5.89. The van der Waals surface area contributed by atoms with E-state index in [0.29, 0.717) is 36.9 Å². The third kappa shape index (κ3) is 3.55. The van der Waals surface area contributed by atoms with Gasteiger partial charge in [-0.25, -0.2) is 0 Å². The van der Waals surface area contributed by atoms with Crippen LogP contribution in [0.3, 0.4) is 0 Å². The lowest BCUT2D eigenvalue weighted by atomic mass is 9.98. The molecule has 2 heterocycles. The Hall–Kier alpha value is -3.35. The number of amides is 1. The van der Waals surface area contributed by atoms with E-state index >= 15 is 0 Å². The van der Waals surface area contributed by atoms with Crippen molar-refractivity contribution in [1.82, 2.24) is 15.1 Å². The zero-order valence-electron chi connectivity index (χ0n) is 15.8. The molecule has 3 aromatic rings. The fraction of sp³-hybridized carbons (Fsp3) is 0.286. The Morgan fingerprint density at radius 1 is 1.07 bits per heavy atom. The zero-order valence-corrected chi connectivity index (χ0v) is 15.8. The minimum atomic E-state index is -0.257. The number of nitrogens with zero attached hydrogens (tertiary/aromatic N) is 3. The highest BCUT2D eigenvalue weighted by atomic mass is 16.5. The second-order valence-electron chi connectivity index (χ2n) is 6.62. The Morgan fingerprint density at radius 2 is 1.79 bits per heavy atom.